The second-order valence-corrected chi connectivity index (χ2v) is 0.811. The molecule has 0 N–H and O–H groups in total. The molecule has 1 aromatic heterocycles. The maximum atomic E-state index is 3.42. The van der Waals surface area contributed by atoms with E-state index in [1.807, 2.05) is 0 Å². The van der Waals surface area contributed by atoms with Crippen LogP contribution >= 0.6 is 37.2 Å². The maximum Gasteiger partial charge on any atom is 0.0529 e. The summed E-state index contributed by atoms with van der Waals surface area (Å²) in [4.78, 5) is 0. The van der Waals surface area contributed by atoms with Crippen molar-refractivity contribution in [3.8, 4) is 0 Å². The summed E-state index contributed by atoms with van der Waals surface area (Å²) in [5.41, 5.74) is 0. The summed E-state index contributed by atoms with van der Waals surface area (Å²) in [5.74, 6) is 0. The van der Waals surface area contributed by atoms with Crippen LogP contribution in [0.1, 0.15) is 0 Å². The minimum atomic E-state index is 1.58. The molecule has 0 radical (unpaired) electrons. The summed E-state index contributed by atoms with van der Waals surface area (Å²) in [6, 6.07) is 1.72. The fraction of sp³-hybridized carbons (Fsp3) is 0. The molecule has 0 amide bonds. The zero-order chi connectivity index (χ0) is 6.24. The molecule has 8 heavy (non-hydrogen) atoms. The van der Waals surface area contributed by atoms with E-state index in [4.69, 9.17) is 0 Å². The summed E-state index contributed by atoms with van der Waals surface area (Å²) < 4.78 is 0. The van der Waals surface area contributed by atoms with E-state index >= 15 is 0 Å². The van der Waals surface area contributed by atoms with E-state index in [1.165, 1.54) is 0 Å². The normalized spacial score (nSPS) is 6.75. The van der Waals surface area contributed by atoms with Gasteiger partial charge in [-0.15, -0.1) is 10.2 Å². The summed E-state index contributed by atoms with van der Waals surface area (Å²) in [5, 5.41) is 10.1. The molecule has 0 aliphatic rings. The highest BCUT2D eigenvalue weighted by atomic mass is 128. The van der Waals surface area contributed by atoms with Crippen molar-refractivity contribution in [3.05, 3.63) is 18.5 Å². The fourth-order valence-electron chi connectivity index (χ4n) is 0.205. The highest BCUT2D eigenvalue weighted by Gasteiger charge is 1.60. The van der Waals surface area contributed by atoms with E-state index in [9.17, 15) is 0 Å². The molecule has 1 heterocycles. The molecular weight excluding hydrogens is 332 g/mol. The molecule has 3 nitrogen and oxygen atoms in total. The first kappa shape index (κ1) is 8.47. The van der Waals surface area contributed by atoms with Gasteiger partial charge in [0.15, 0.2) is 0 Å². The molecule has 0 saturated carbocycles. The Morgan fingerprint density at radius 2 is 1.50 bits per heavy atom. The third-order valence-electron chi connectivity index (χ3n) is 0.409. The van der Waals surface area contributed by atoms with Crippen molar-refractivity contribution in [2.45, 2.75) is 0 Å². The van der Waals surface area contributed by atoms with E-state index in [0.717, 1.165) is 0 Å². The Balaban J connectivity index is 0.000000222. The summed E-state index contributed by atoms with van der Waals surface area (Å²) in [6.07, 6.45) is 3.15. The highest BCUT2D eigenvalue weighted by Crippen LogP contribution is 1.89. The molecule has 0 aliphatic heterocycles. The van der Waals surface area contributed by atoms with Crippen molar-refractivity contribution >= 4 is 37.2 Å². The zero-order valence-electron chi connectivity index (χ0n) is 3.83. The lowest BCUT2D eigenvalue weighted by molar-refractivity contribution is 0.865. The first-order valence-corrected chi connectivity index (χ1v) is 8.01. The lowest BCUT2D eigenvalue weighted by Gasteiger charge is -1.68. The van der Waals surface area contributed by atoms with Gasteiger partial charge in [0.05, 0.1) is 12.4 Å². The topological polar surface area (TPSA) is 38.7 Å². The standard InChI is InChI=1S/C3H3N3.I2/c1-2-4-6-5-3-1;1-2/h1-3H;. The SMILES string of the molecule is II.c1cnnnc1. The van der Waals surface area contributed by atoms with Gasteiger partial charge in [0.25, 0.3) is 0 Å². The van der Waals surface area contributed by atoms with Crippen LogP contribution < -0.4 is 0 Å². The first-order valence-electron chi connectivity index (χ1n) is 1.73. The van der Waals surface area contributed by atoms with Crippen LogP contribution in [0.2, 0.25) is 0 Å². The smallest absolute Gasteiger partial charge is 0.0529 e. The molecule has 5 heteroatoms. The Bertz CT molecular complexity index is 84.5. The van der Waals surface area contributed by atoms with Crippen molar-refractivity contribution in [1.29, 1.82) is 0 Å². The Morgan fingerprint density at radius 1 is 1.00 bits per heavy atom. The maximum absolute atomic E-state index is 3.42. The second kappa shape index (κ2) is 7.47. The number of rotatable bonds is 0. The van der Waals surface area contributed by atoms with Gasteiger partial charge in [-0.25, -0.2) is 0 Å². The monoisotopic (exact) mass is 335 g/mol. The van der Waals surface area contributed by atoms with Crippen LogP contribution in [0.5, 0.6) is 0 Å². The Hall–Kier alpha value is 0.470. The number of hydrogen-bond acceptors (Lipinski definition) is 3. The van der Waals surface area contributed by atoms with Crippen LogP contribution in [-0.2, 0) is 0 Å². The van der Waals surface area contributed by atoms with Crippen molar-refractivity contribution in [2.24, 2.45) is 0 Å². The Labute approximate surface area is 70.6 Å². The van der Waals surface area contributed by atoms with Gasteiger partial charge >= 0.3 is 0 Å². The van der Waals surface area contributed by atoms with Crippen LogP contribution in [0.25, 0.3) is 0 Å². The van der Waals surface area contributed by atoms with E-state index < -0.39 is 0 Å². The van der Waals surface area contributed by atoms with Gasteiger partial charge < -0.3 is 0 Å². The van der Waals surface area contributed by atoms with Crippen molar-refractivity contribution in [3.63, 3.8) is 0 Å². The molecule has 0 spiro atoms. The molecular formula is C3H3I2N3. The van der Waals surface area contributed by atoms with Gasteiger partial charge in [-0.1, -0.05) is 0 Å². The molecule has 0 bridgehead atoms. The highest BCUT2D eigenvalue weighted by molar-refractivity contribution is 15.0. The van der Waals surface area contributed by atoms with Crippen molar-refractivity contribution in [2.75, 3.05) is 0 Å². The fourth-order valence-corrected chi connectivity index (χ4v) is 0.205. The number of aromatic nitrogens is 3. The first-order chi connectivity index (χ1) is 4.00. The third kappa shape index (κ3) is 4.62. The van der Waals surface area contributed by atoms with Crippen molar-refractivity contribution in [1.82, 2.24) is 15.4 Å². The molecule has 0 atom stereocenters. The van der Waals surface area contributed by atoms with Crippen LogP contribution in [0.4, 0.5) is 0 Å². The van der Waals surface area contributed by atoms with Crippen LogP contribution in [-0.4, -0.2) is 15.4 Å². The van der Waals surface area contributed by atoms with Gasteiger partial charge in [-0.3, -0.25) is 0 Å². The summed E-state index contributed by atoms with van der Waals surface area (Å²) >= 11 is 4.24. The molecule has 0 fully saturated rings. The zero-order valence-corrected chi connectivity index (χ0v) is 8.14. The molecule has 0 aliphatic carbocycles. The molecule has 44 valence electrons. The second-order valence-electron chi connectivity index (χ2n) is 0.811. The third-order valence-corrected chi connectivity index (χ3v) is 0.409. The largest absolute Gasteiger partial charge is 0.139 e. The Kier molecular flexibility index (Phi) is 7.91. The lowest BCUT2D eigenvalue weighted by Crippen LogP contribution is -1.78. The van der Waals surface area contributed by atoms with E-state index in [1.54, 1.807) is 18.5 Å². The molecule has 1 rings (SSSR count). The van der Waals surface area contributed by atoms with Gasteiger partial charge in [0, 0.05) is 37.2 Å². The number of hydrogen-bond donors (Lipinski definition) is 0. The lowest BCUT2D eigenvalue weighted by atomic mass is 10.7. The number of halogens is 2. The minimum absolute atomic E-state index is 1.58. The molecule has 0 saturated heterocycles. The van der Waals surface area contributed by atoms with Crippen molar-refractivity contribution < 1.29 is 0 Å². The van der Waals surface area contributed by atoms with Gasteiger partial charge in [0.1, 0.15) is 0 Å². The predicted molar refractivity (Wildman–Crippen MR) is 47.9 cm³/mol. The average Bonchev–Trinajstić information content (AvgIpc) is 1.96. The van der Waals surface area contributed by atoms with Gasteiger partial charge in [-0.05, 0) is 11.3 Å². The summed E-state index contributed by atoms with van der Waals surface area (Å²) in [6.45, 7) is 0. The molecule has 1 aromatic rings. The van der Waals surface area contributed by atoms with E-state index in [-0.39, 0.29) is 0 Å². The Morgan fingerprint density at radius 3 is 1.62 bits per heavy atom. The van der Waals surface area contributed by atoms with E-state index in [0.29, 0.717) is 0 Å². The minimum Gasteiger partial charge on any atom is -0.139 e. The number of nitrogens with zero attached hydrogens (tertiary/aromatic N) is 3. The van der Waals surface area contributed by atoms with Crippen LogP contribution in [0.3, 0.4) is 0 Å². The van der Waals surface area contributed by atoms with E-state index in [2.05, 4.69) is 52.6 Å². The predicted octanol–water partition coefficient (Wildman–Crippen LogP) is 1.64. The molecule has 0 unspecified atom stereocenters. The van der Waals surface area contributed by atoms with Crippen LogP contribution in [0, 0.1) is 0 Å². The molecule has 0 aromatic carbocycles. The summed E-state index contributed by atoms with van der Waals surface area (Å²) in [7, 11) is 0. The average molecular weight is 335 g/mol. The van der Waals surface area contributed by atoms with Crippen LogP contribution in [0.15, 0.2) is 18.5 Å². The quantitative estimate of drug-likeness (QED) is 0.677. The van der Waals surface area contributed by atoms with Gasteiger partial charge in [-0.2, -0.15) is 0 Å². The van der Waals surface area contributed by atoms with Gasteiger partial charge in [0.2, 0.25) is 0 Å².